The standard InChI is InChI=1S/C19H23NO3/c1-13(2)22-16-9-7-8-15(12-16)19(21)20-17-10-5-6-11-18(17)23-14(3)4/h5-14H,1-4H3,(H,20,21). The van der Waals surface area contributed by atoms with Crippen LogP contribution in [-0.2, 0) is 0 Å². The van der Waals surface area contributed by atoms with E-state index >= 15 is 0 Å². The Morgan fingerprint density at radius 1 is 0.913 bits per heavy atom. The van der Waals surface area contributed by atoms with E-state index in [0.29, 0.717) is 22.7 Å². The van der Waals surface area contributed by atoms with Crippen LogP contribution in [0.15, 0.2) is 48.5 Å². The zero-order chi connectivity index (χ0) is 16.8. The summed E-state index contributed by atoms with van der Waals surface area (Å²) in [5.74, 6) is 1.14. The van der Waals surface area contributed by atoms with Crippen molar-refractivity contribution in [1.82, 2.24) is 0 Å². The number of hydrogen-bond donors (Lipinski definition) is 1. The summed E-state index contributed by atoms with van der Waals surface area (Å²) in [5.41, 5.74) is 1.20. The van der Waals surface area contributed by atoms with Gasteiger partial charge in [-0.05, 0) is 58.0 Å². The van der Waals surface area contributed by atoms with Crippen molar-refractivity contribution in [3.8, 4) is 11.5 Å². The zero-order valence-corrected chi connectivity index (χ0v) is 14.0. The maximum absolute atomic E-state index is 12.5. The third-order valence-corrected chi connectivity index (χ3v) is 2.97. The van der Waals surface area contributed by atoms with Crippen molar-refractivity contribution in [3.63, 3.8) is 0 Å². The number of nitrogens with one attached hydrogen (secondary N) is 1. The van der Waals surface area contributed by atoms with E-state index in [0.717, 1.165) is 0 Å². The molecule has 4 heteroatoms. The van der Waals surface area contributed by atoms with E-state index in [1.54, 1.807) is 12.1 Å². The highest BCUT2D eigenvalue weighted by Crippen LogP contribution is 2.26. The molecule has 0 bridgehead atoms. The highest BCUT2D eigenvalue weighted by Gasteiger charge is 2.11. The van der Waals surface area contributed by atoms with E-state index < -0.39 is 0 Å². The Labute approximate surface area is 137 Å². The maximum Gasteiger partial charge on any atom is 0.255 e. The fraction of sp³-hybridized carbons (Fsp3) is 0.316. The molecule has 0 atom stereocenters. The number of ether oxygens (including phenoxy) is 2. The van der Waals surface area contributed by atoms with Gasteiger partial charge in [-0.25, -0.2) is 0 Å². The molecule has 0 saturated carbocycles. The summed E-state index contributed by atoms with van der Waals surface area (Å²) in [6.45, 7) is 7.80. The fourth-order valence-electron chi connectivity index (χ4n) is 2.10. The predicted molar refractivity (Wildman–Crippen MR) is 92.4 cm³/mol. The molecule has 2 aromatic carbocycles. The van der Waals surface area contributed by atoms with Gasteiger partial charge in [0.15, 0.2) is 0 Å². The van der Waals surface area contributed by atoms with Crippen LogP contribution in [0.2, 0.25) is 0 Å². The molecule has 0 spiro atoms. The van der Waals surface area contributed by atoms with E-state index in [2.05, 4.69) is 5.32 Å². The minimum Gasteiger partial charge on any atom is -0.491 e. The molecule has 0 radical (unpaired) electrons. The van der Waals surface area contributed by atoms with Crippen molar-refractivity contribution in [2.75, 3.05) is 5.32 Å². The molecule has 0 aliphatic heterocycles. The molecule has 0 aliphatic rings. The van der Waals surface area contributed by atoms with Gasteiger partial charge in [0.25, 0.3) is 5.91 Å². The van der Waals surface area contributed by atoms with Crippen LogP contribution in [0.4, 0.5) is 5.69 Å². The van der Waals surface area contributed by atoms with Crippen LogP contribution in [0.3, 0.4) is 0 Å². The second-order valence-electron chi connectivity index (χ2n) is 5.81. The third kappa shape index (κ3) is 5.02. The molecule has 4 nitrogen and oxygen atoms in total. The van der Waals surface area contributed by atoms with Crippen molar-refractivity contribution in [2.24, 2.45) is 0 Å². The molecule has 1 amide bonds. The molecule has 1 N–H and O–H groups in total. The van der Waals surface area contributed by atoms with Crippen molar-refractivity contribution < 1.29 is 14.3 Å². The quantitative estimate of drug-likeness (QED) is 0.853. The number of rotatable bonds is 6. The molecule has 23 heavy (non-hydrogen) atoms. The minimum atomic E-state index is -0.195. The van der Waals surface area contributed by atoms with Gasteiger partial charge in [0, 0.05) is 5.56 Å². The van der Waals surface area contributed by atoms with E-state index in [1.165, 1.54) is 0 Å². The Morgan fingerprint density at radius 3 is 2.30 bits per heavy atom. The highest BCUT2D eigenvalue weighted by atomic mass is 16.5. The first kappa shape index (κ1) is 16.9. The smallest absolute Gasteiger partial charge is 0.255 e. The highest BCUT2D eigenvalue weighted by molar-refractivity contribution is 6.05. The van der Waals surface area contributed by atoms with Gasteiger partial charge < -0.3 is 14.8 Å². The summed E-state index contributed by atoms with van der Waals surface area (Å²) in [6, 6.07) is 14.6. The van der Waals surface area contributed by atoms with Gasteiger partial charge in [-0.1, -0.05) is 18.2 Å². The third-order valence-electron chi connectivity index (χ3n) is 2.97. The number of anilines is 1. The molecule has 0 saturated heterocycles. The largest absolute Gasteiger partial charge is 0.491 e. The van der Waals surface area contributed by atoms with Crippen molar-refractivity contribution >= 4 is 11.6 Å². The van der Waals surface area contributed by atoms with Crippen LogP contribution < -0.4 is 14.8 Å². The van der Waals surface area contributed by atoms with E-state index in [9.17, 15) is 4.79 Å². The average Bonchev–Trinajstić information content (AvgIpc) is 2.48. The first-order chi connectivity index (χ1) is 11.0. The molecule has 0 fully saturated rings. The number of amides is 1. The van der Waals surface area contributed by atoms with E-state index in [4.69, 9.17) is 9.47 Å². The first-order valence-corrected chi connectivity index (χ1v) is 7.79. The summed E-state index contributed by atoms with van der Waals surface area (Å²) in [7, 11) is 0. The molecule has 2 aromatic rings. The predicted octanol–water partition coefficient (Wildman–Crippen LogP) is 4.51. The minimum absolute atomic E-state index is 0.0378. The Kier molecular flexibility index (Phi) is 5.63. The number of carbonyl (C=O) groups excluding carboxylic acids is 1. The van der Waals surface area contributed by atoms with Gasteiger partial charge in [-0.2, -0.15) is 0 Å². The second-order valence-corrected chi connectivity index (χ2v) is 5.81. The number of para-hydroxylation sites is 2. The Balaban J connectivity index is 2.16. The number of hydrogen-bond acceptors (Lipinski definition) is 3. The summed E-state index contributed by atoms with van der Waals surface area (Å²) >= 11 is 0. The lowest BCUT2D eigenvalue weighted by Gasteiger charge is -2.15. The molecule has 2 rings (SSSR count). The Hall–Kier alpha value is -2.49. The number of benzene rings is 2. The Bertz CT molecular complexity index is 665. The van der Waals surface area contributed by atoms with Gasteiger partial charge in [0.05, 0.1) is 17.9 Å². The summed E-state index contributed by atoms with van der Waals surface area (Å²) in [6.07, 6.45) is 0.101. The molecule has 0 unspecified atom stereocenters. The van der Waals surface area contributed by atoms with Gasteiger partial charge in [-0.3, -0.25) is 4.79 Å². The lowest BCUT2D eigenvalue weighted by Crippen LogP contribution is -2.15. The van der Waals surface area contributed by atoms with Crippen LogP contribution in [0.5, 0.6) is 11.5 Å². The van der Waals surface area contributed by atoms with E-state index in [-0.39, 0.29) is 18.1 Å². The van der Waals surface area contributed by atoms with E-state index in [1.807, 2.05) is 64.1 Å². The summed E-state index contributed by atoms with van der Waals surface area (Å²) in [4.78, 5) is 12.5. The normalized spacial score (nSPS) is 10.7. The molecular weight excluding hydrogens is 290 g/mol. The summed E-state index contributed by atoms with van der Waals surface area (Å²) < 4.78 is 11.3. The molecule has 0 heterocycles. The van der Waals surface area contributed by atoms with Crippen molar-refractivity contribution in [3.05, 3.63) is 54.1 Å². The van der Waals surface area contributed by atoms with Gasteiger partial charge in [0.2, 0.25) is 0 Å². The maximum atomic E-state index is 12.5. The fourth-order valence-corrected chi connectivity index (χ4v) is 2.10. The lowest BCUT2D eigenvalue weighted by atomic mass is 10.2. The van der Waals surface area contributed by atoms with Crippen LogP contribution in [0.25, 0.3) is 0 Å². The summed E-state index contributed by atoms with van der Waals surface area (Å²) in [5, 5.41) is 2.89. The van der Waals surface area contributed by atoms with Gasteiger partial charge in [-0.15, -0.1) is 0 Å². The topological polar surface area (TPSA) is 47.6 Å². The number of carbonyl (C=O) groups is 1. The van der Waals surface area contributed by atoms with Crippen molar-refractivity contribution in [1.29, 1.82) is 0 Å². The second kappa shape index (κ2) is 7.68. The van der Waals surface area contributed by atoms with Gasteiger partial charge in [0.1, 0.15) is 11.5 Å². The monoisotopic (exact) mass is 313 g/mol. The lowest BCUT2D eigenvalue weighted by molar-refractivity contribution is 0.102. The molecule has 0 aromatic heterocycles. The molecular formula is C19H23NO3. The zero-order valence-electron chi connectivity index (χ0n) is 14.0. The van der Waals surface area contributed by atoms with Crippen LogP contribution in [0.1, 0.15) is 38.1 Å². The average molecular weight is 313 g/mol. The van der Waals surface area contributed by atoms with Crippen molar-refractivity contribution in [2.45, 2.75) is 39.9 Å². The first-order valence-electron chi connectivity index (χ1n) is 7.79. The molecule has 0 aliphatic carbocycles. The van der Waals surface area contributed by atoms with Crippen LogP contribution in [-0.4, -0.2) is 18.1 Å². The SMILES string of the molecule is CC(C)Oc1cccc(C(=O)Nc2ccccc2OC(C)C)c1. The Morgan fingerprint density at radius 2 is 1.61 bits per heavy atom. The van der Waals surface area contributed by atoms with Crippen LogP contribution in [0, 0.1) is 0 Å². The molecule has 122 valence electrons. The van der Waals surface area contributed by atoms with Crippen LogP contribution >= 0.6 is 0 Å². The van der Waals surface area contributed by atoms with Gasteiger partial charge >= 0.3 is 0 Å².